The van der Waals surface area contributed by atoms with Crippen LogP contribution in [0.1, 0.15) is 21.6 Å². The smallest absolute Gasteiger partial charge is 0.213 e. The van der Waals surface area contributed by atoms with Gasteiger partial charge in [0.25, 0.3) is 0 Å². The van der Waals surface area contributed by atoms with Gasteiger partial charge in [0, 0.05) is 11.8 Å². The molecule has 0 amide bonds. The number of ketones is 1. The number of aromatic nitrogens is 1. The summed E-state index contributed by atoms with van der Waals surface area (Å²) in [7, 11) is 0. The predicted octanol–water partition coefficient (Wildman–Crippen LogP) is 3.27. The molecule has 0 unspecified atom stereocenters. The van der Waals surface area contributed by atoms with Crippen molar-refractivity contribution in [2.24, 2.45) is 0 Å². The van der Waals surface area contributed by atoms with E-state index in [9.17, 15) is 4.79 Å². The number of benzene rings is 1. The van der Waals surface area contributed by atoms with Crippen LogP contribution in [0.2, 0.25) is 5.02 Å². The Kier molecular flexibility index (Phi) is 3.02. The maximum atomic E-state index is 12.1. The zero-order valence-electron chi connectivity index (χ0n) is 8.77. The molecular formula is C13H10ClNO. The highest BCUT2D eigenvalue weighted by molar-refractivity contribution is 6.35. The third-order valence-corrected chi connectivity index (χ3v) is 2.66. The molecule has 80 valence electrons. The van der Waals surface area contributed by atoms with Gasteiger partial charge >= 0.3 is 0 Å². The second-order valence-corrected chi connectivity index (χ2v) is 3.88. The van der Waals surface area contributed by atoms with Gasteiger partial charge in [-0.1, -0.05) is 29.8 Å². The maximum absolute atomic E-state index is 12.1. The average molecular weight is 232 g/mol. The molecule has 0 spiro atoms. The van der Waals surface area contributed by atoms with Crippen molar-refractivity contribution in [2.45, 2.75) is 6.92 Å². The van der Waals surface area contributed by atoms with Gasteiger partial charge in [0.05, 0.1) is 5.02 Å². The van der Waals surface area contributed by atoms with Crippen LogP contribution in [0, 0.1) is 6.92 Å². The first-order valence-corrected chi connectivity index (χ1v) is 5.29. The Morgan fingerprint density at radius 1 is 1.19 bits per heavy atom. The van der Waals surface area contributed by atoms with Crippen LogP contribution < -0.4 is 0 Å². The predicted molar refractivity (Wildman–Crippen MR) is 63.9 cm³/mol. The molecule has 2 nitrogen and oxygen atoms in total. The average Bonchev–Trinajstić information content (AvgIpc) is 2.30. The van der Waals surface area contributed by atoms with Crippen LogP contribution in [0.5, 0.6) is 0 Å². The quantitative estimate of drug-likeness (QED) is 0.743. The molecule has 0 fully saturated rings. The molecule has 0 radical (unpaired) electrons. The van der Waals surface area contributed by atoms with Gasteiger partial charge in [0.15, 0.2) is 0 Å². The van der Waals surface area contributed by atoms with Crippen molar-refractivity contribution in [2.75, 3.05) is 0 Å². The molecule has 1 aromatic heterocycles. The van der Waals surface area contributed by atoms with E-state index in [1.165, 1.54) is 0 Å². The van der Waals surface area contributed by atoms with Gasteiger partial charge in [0.2, 0.25) is 5.78 Å². The Morgan fingerprint density at radius 3 is 2.62 bits per heavy atom. The molecule has 2 rings (SSSR count). The summed E-state index contributed by atoms with van der Waals surface area (Å²) < 4.78 is 0. The number of nitrogens with zero attached hydrogens (tertiary/aromatic N) is 1. The van der Waals surface area contributed by atoms with Crippen LogP contribution >= 0.6 is 11.6 Å². The van der Waals surface area contributed by atoms with E-state index in [0.29, 0.717) is 16.3 Å². The fourth-order valence-electron chi connectivity index (χ4n) is 1.54. The van der Waals surface area contributed by atoms with E-state index in [-0.39, 0.29) is 5.78 Å². The van der Waals surface area contributed by atoms with Crippen molar-refractivity contribution in [1.29, 1.82) is 0 Å². The van der Waals surface area contributed by atoms with Gasteiger partial charge in [-0.05, 0) is 30.7 Å². The normalized spacial score (nSPS) is 10.1. The third kappa shape index (κ3) is 1.97. The molecule has 1 heterocycles. The van der Waals surface area contributed by atoms with Crippen molar-refractivity contribution in [1.82, 2.24) is 4.98 Å². The Bertz CT molecular complexity index is 502. The second-order valence-electron chi connectivity index (χ2n) is 3.48. The molecule has 0 saturated carbocycles. The van der Waals surface area contributed by atoms with Crippen molar-refractivity contribution in [3.63, 3.8) is 0 Å². The van der Waals surface area contributed by atoms with E-state index in [0.717, 1.165) is 5.56 Å². The third-order valence-electron chi connectivity index (χ3n) is 2.35. The Hall–Kier alpha value is -1.67. The fraction of sp³-hybridized carbons (Fsp3) is 0.0769. The maximum Gasteiger partial charge on any atom is 0.213 e. The van der Waals surface area contributed by atoms with Crippen molar-refractivity contribution >= 4 is 17.4 Å². The van der Waals surface area contributed by atoms with Crippen molar-refractivity contribution in [3.05, 3.63) is 64.4 Å². The number of hydrogen-bond donors (Lipinski definition) is 0. The molecule has 0 N–H and O–H groups in total. The van der Waals surface area contributed by atoms with Crippen LogP contribution in [-0.2, 0) is 0 Å². The zero-order chi connectivity index (χ0) is 11.5. The van der Waals surface area contributed by atoms with E-state index in [2.05, 4.69) is 4.98 Å². The molecular weight excluding hydrogens is 222 g/mol. The summed E-state index contributed by atoms with van der Waals surface area (Å²) in [6.07, 6.45) is 1.60. The van der Waals surface area contributed by atoms with E-state index in [1.54, 1.807) is 30.5 Å². The SMILES string of the molecule is Cc1cccc(Cl)c1C(=O)c1ccccn1. The summed E-state index contributed by atoms with van der Waals surface area (Å²) in [5, 5.41) is 0.468. The molecule has 3 heteroatoms. The van der Waals surface area contributed by atoms with Gasteiger partial charge in [-0.3, -0.25) is 9.78 Å². The monoisotopic (exact) mass is 231 g/mol. The van der Waals surface area contributed by atoms with E-state index in [1.807, 2.05) is 19.1 Å². The first kappa shape index (κ1) is 10.8. The molecule has 1 aromatic carbocycles. The fourth-order valence-corrected chi connectivity index (χ4v) is 1.85. The number of hydrogen-bond acceptors (Lipinski definition) is 2. The molecule has 0 aliphatic heterocycles. The van der Waals surface area contributed by atoms with Crippen molar-refractivity contribution in [3.8, 4) is 0 Å². The van der Waals surface area contributed by atoms with Gasteiger partial charge < -0.3 is 0 Å². The van der Waals surface area contributed by atoms with Crippen LogP contribution in [0.25, 0.3) is 0 Å². The standard InChI is InChI=1S/C13H10ClNO/c1-9-5-4-6-10(14)12(9)13(16)11-7-2-3-8-15-11/h2-8H,1H3. The largest absolute Gasteiger partial charge is 0.287 e. The van der Waals surface area contributed by atoms with Gasteiger partial charge in [-0.25, -0.2) is 0 Å². The molecule has 0 atom stereocenters. The number of carbonyl (C=O) groups is 1. The number of rotatable bonds is 2. The topological polar surface area (TPSA) is 30.0 Å². The van der Waals surface area contributed by atoms with E-state index < -0.39 is 0 Å². The van der Waals surface area contributed by atoms with Gasteiger partial charge in [0.1, 0.15) is 5.69 Å². The summed E-state index contributed by atoms with van der Waals surface area (Å²) in [5.41, 5.74) is 1.81. The summed E-state index contributed by atoms with van der Waals surface area (Å²) in [6, 6.07) is 10.6. The summed E-state index contributed by atoms with van der Waals surface area (Å²) in [6.45, 7) is 1.86. The highest BCUT2D eigenvalue weighted by atomic mass is 35.5. The lowest BCUT2D eigenvalue weighted by atomic mass is 10.0. The van der Waals surface area contributed by atoms with Crippen LogP contribution in [0.15, 0.2) is 42.6 Å². The van der Waals surface area contributed by atoms with Crippen LogP contribution in [-0.4, -0.2) is 10.8 Å². The first-order valence-electron chi connectivity index (χ1n) is 4.91. The van der Waals surface area contributed by atoms with E-state index >= 15 is 0 Å². The Morgan fingerprint density at radius 2 is 2.00 bits per heavy atom. The highest BCUT2D eigenvalue weighted by Gasteiger charge is 2.15. The lowest BCUT2D eigenvalue weighted by Crippen LogP contribution is -2.06. The molecule has 0 saturated heterocycles. The van der Waals surface area contributed by atoms with Gasteiger partial charge in [-0.15, -0.1) is 0 Å². The van der Waals surface area contributed by atoms with Gasteiger partial charge in [-0.2, -0.15) is 0 Å². The molecule has 16 heavy (non-hydrogen) atoms. The number of carbonyl (C=O) groups excluding carboxylic acids is 1. The molecule has 0 bridgehead atoms. The highest BCUT2D eigenvalue weighted by Crippen LogP contribution is 2.21. The lowest BCUT2D eigenvalue weighted by Gasteiger charge is -2.06. The number of aryl methyl sites for hydroxylation is 1. The minimum absolute atomic E-state index is 0.135. The first-order chi connectivity index (χ1) is 7.70. The summed E-state index contributed by atoms with van der Waals surface area (Å²) in [5.74, 6) is -0.135. The molecule has 0 aliphatic rings. The molecule has 2 aromatic rings. The minimum atomic E-state index is -0.135. The van der Waals surface area contributed by atoms with E-state index in [4.69, 9.17) is 11.6 Å². The summed E-state index contributed by atoms with van der Waals surface area (Å²) >= 11 is 6.03. The minimum Gasteiger partial charge on any atom is -0.287 e. The summed E-state index contributed by atoms with van der Waals surface area (Å²) in [4.78, 5) is 16.2. The van der Waals surface area contributed by atoms with Crippen LogP contribution in [0.3, 0.4) is 0 Å². The number of halogens is 1. The van der Waals surface area contributed by atoms with Crippen molar-refractivity contribution < 1.29 is 4.79 Å². The molecule has 0 aliphatic carbocycles. The lowest BCUT2D eigenvalue weighted by molar-refractivity contribution is 0.103. The Balaban J connectivity index is 2.50. The zero-order valence-corrected chi connectivity index (χ0v) is 9.53. The second kappa shape index (κ2) is 4.45. The van der Waals surface area contributed by atoms with Crippen LogP contribution in [0.4, 0.5) is 0 Å². The Labute approximate surface area is 98.9 Å². The number of pyridine rings is 1.